The largest absolute Gasteiger partial charge is 0.481 e. The van der Waals surface area contributed by atoms with E-state index in [1.54, 1.807) is 18.7 Å². The fraction of sp³-hybridized carbons (Fsp3) is 0.500. The third kappa shape index (κ3) is 1.61. The van der Waals surface area contributed by atoms with Crippen LogP contribution in [0.3, 0.4) is 0 Å². The highest BCUT2D eigenvalue weighted by molar-refractivity contribution is 6.22. The first-order valence-corrected chi connectivity index (χ1v) is 4.16. The van der Waals surface area contributed by atoms with Crippen LogP contribution in [-0.4, -0.2) is 16.9 Å². The average molecular weight is 200 g/mol. The van der Waals surface area contributed by atoms with Crippen LogP contribution < -0.4 is 4.74 Å². The molecular weight excluding hydrogens is 190 g/mol. The molecule has 0 amide bonds. The van der Waals surface area contributed by atoms with Crippen molar-refractivity contribution in [3.63, 3.8) is 0 Å². The van der Waals surface area contributed by atoms with Crippen molar-refractivity contribution in [2.24, 2.45) is 7.05 Å². The van der Waals surface area contributed by atoms with Crippen LogP contribution in [0.4, 0.5) is 0 Å². The zero-order valence-corrected chi connectivity index (χ0v) is 8.46. The van der Waals surface area contributed by atoms with Crippen molar-refractivity contribution in [1.82, 2.24) is 9.78 Å². The Labute approximate surface area is 81.7 Å². The Bertz CT molecular complexity index is 353. The van der Waals surface area contributed by atoms with E-state index in [-0.39, 0.29) is 0 Å². The second-order valence-electron chi connectivity index (χ2n) is 2.62. The molecule has 0 aliphatic rings. The maximum atomic E-state index is 8.67. The van der Waals surface area contributed by atoms with Crippen LogP contribution in [0.15, 0.2) is 0 Å². The molecule has 4 nitrogen and oxygen atoms in total. The summed E-state index contributed by atoms with van der Waals surface area (Å²) in [5.41, 5.74) is 1.37. The summed E-state index contributed by atoms with van der Waals surface area (Å²) in [7, 11) is 3.28. The summed E-state index contributed by atoms with van der Waals surface area (Å²) in [5.74, 6) is 0.541. The van der Waals surface area contributed by atoms with Gasteiger partial charge in [0.1, 0.15) is 0 Å². The molecule has 0 radical (unpaired) electrons. The van der Waals surface area contributed by atoms with E-state index in [9.17, 15) is 0 Å². The molecule has 1 atom stereocenters. The topological polar surface area (TPSA) is 50.8 Å². The maximum Gasteiger partial charge on any atom is 0.217 e. The lowest BCUT2D eigenvalue weighted by molar-refractivity contribution is 0.370. The van der Waals surface area contributed by atoms with Crippen molar-refractivity contribution >= 4 is 11.6 Å². The number of hydrogen-bond donors (Lipinski definition) is 0. The van der Waals surface area contributed by atoms with Crippen LogP contribution in [-0.2, 0) is 7.05 Å². The van der Waals surface area contributed by atoms with Gasteiger partial charge in [0.25, 0.3) is 0 Å². The standard InChI is InChI=1S/C8H10ClN3O/c1-5-7(6(9)4-10)8(13-3)12(2)11-5/h6H,1-3H3. The minimum Gasteiger partial charge on any atom is -0.481 e. The molecule has 1 rings (SSSR count). The molecule has 0 bridgehead atoms. The highest BCUT2D eigenvalue weighted by Crippen LogP contribution is 2.31. The first-order valence-electron chi connectivity index (χ1n) is 3.73. The van der Waals surface area contributed by atoms with Gasteiger partial charge in [-0.05, 0) is 6.92 Å². The molecule has 0 saturated carbocycles. The van der Waals surface area contributed by atoms with Gasteiger partial charge in [-0.3, -0.25) is 0 Å². The van der Waals surface area contributed by atoms with E-state index in [2.05, 4.69) is 5.10 Å². The Hall–Kier alpha value is -1.21. The van der Waals surface area contributed by atoms with Gasteiger partial charge in [0, 0.05) is 7.05 Å². The van der Waals surface area contributed by atoms with E-state index < -0.39 is 5.38 Å². The van der Waals surface area contributed by atoms with E-state index in [4.69, 9.17) is 21.6 Å². The van der Waals surface area contributed by atoms with Crippen molar-refractivity contribution in [3.8, 4) is 11.9 Å². The van der Waals surface area contributed by atoms with Gasteiger partial charge in [0.15, 0.2) is 5.38 Å². The number of nitrogens with zero attached hydrogens (tertiary/aromatic N) is 3. The second-order valence-corrected chi connectivity index (χ2v) is 3.06. The number of ether oxygens (including phenoxy) is 1. The lowest BCUT2D eigenvalue weighted by atomic mass is 10.2. The van der Waals surface area contributed by atoms with E-state index in [0.29, 0.717) is 11.4 Å². The van der Waals surface area contributed by atoms with Crippen LogP contribution in [0.25, 0.3) is 0 Å². The second kappa shape index (κ2) is 3.67. The molecule has 0 aliphatic heterocycles. The number of hydrogen-bond acceptors (Lipinski definition) is 3. The Kier molecular flexibility index (Phi) is 2.79. The molecule has 1 aromatic heterocycles. The third-order valence-corrected chi connectivity index (χ3v) is 2.09. The predicted octanol–water partition coefficient (Wildman–Crippen LogP) is 1.54. The average Bonchev–Trinajstić information content (AvgIpc) is 2.39. The quantitative estimate of drug-likeness (QED) is 0.679. The summed E-state index contributed by atoms with van der Waals surface area (Å²) in [4.78, 5) is 0. The SMILES string of the molecule is COc1c(C(Cl)C#N)c(C)nn1C. The molecular formula is C8H10ClN3O. The van der Waals surface area contributed by atoms with Crippen LogP contribution in [0.5, 0.6) is 5.88 Å². The van der Waals surface area contributed by atoms with E-state index >= 15 is 0 Å². The normalized spacial score (nSPS) is 12.2. The first kappa shape index (κ1) is 9.87. The highest BCUT2D eigenvalue weighted by Gasteiger charge is 2.20. The number of alkyl halides is 1. The third-order valence-electron chi connectivity index (χ3n) is 1.77. The van der Waals surface area contributed by atoms with Crippen LogP contribution in [0.2, 0.25) is 0 Å². The Morgan fingerprint density at radius 1 is 1.69 bits per heavy atom. The molecule has 5 heteroatoms. The summed E-state index contributed by atoms with van der Waals surface area (Å²) in [6, 6.07) is 1.94. The molecule has 0 aromatic carbocycles. The Balaban J connectivity index is 3.26. The summed E-state index contributed by atoms with van der Waals surface area (Å²) >= 11 is 5.80. The number of halogens is 1. The zero-order valence-electron chi connectivity index (χ0n) is 7.71. The molecule has 0 saturated heterocycles. The van der Waals surface area contributed by atoms with E-state index in [1.165, 1.54) is 7.11 Å². The first-order chi connectivity index (χ1) is 6.11. The molecule has 70 valence electrons. The molecule has 13 heavy (non-hydrogen) atoms. The van der Waals surface area contributed by atoms with Crippen LogP contribution in [0.1, 0.15) is 16.6 Å². The van der Waals surface area contributed by atoms with Gasteiger partial charge in [-0.25, -0.2) is 4.68 Å². The summed E-state index contributed by atoms with van der Waals surface area (Å²) in [6.07, 6.45) is 0. The Morgan fingerprint density at radius 3 is 2.77 bits per heavy atom. The smallest absolute Gasteiger partial charge is 0.217 e. The van der Waals surface area contributed by atoms with Gasteiger partial charge in [-0.1, -0.05) is 0 Å². The maximum absolute atomic E-state index is 8.67. The van der Waals surface area contributed by atoms with E-state index in [1.807, 2.05) is 6.07 Å². The number of aromatic nitrogens is 2. The lowest BCUT2D eigenvalue weighted by Gasteiger charge is -2.03. The van der Waals surface area contributed by atoms with Gasteiger partial charge in [-0.2, -0.15) is 10.4 Å². The van der Waals surface area contributed by atoms with Crippen LogP contribution >= 0.6 is 11.6 Å². The number of methoxy groups -OCH3 is 1. The van der Waals surface area contributed by atoms with Crippen LogP contribution in [0, 0.1) is 18.3 Å². The molecule has 0 N–H and O–H groups in total. The summed E-state index contributed by atoms with van der Waals surface area (Å²) in [6.45, 7) is 1.80. The summed E-state index contributed by atoms with van der Waals surface area (Å²) < 4.78 is 6.65. The zero-order chi connectivity index (χ0) is 10.0. The number of nitriles is 1. The number of rotatable bonds is 2. The minimum absolute atomic E-state index is 0.541. The van der Waals surface area contributed by atoms with Gasteiger partial charge in [-0.15, -0.1) is 11.6 Å². The lowest BCUT2D eigenvalue weighted by Crippen LogP contribution is -1.97. The van der Waals surface area contributed by atoms with Gasteiger partial charge >= 0.3 is 0 Å². The molecule has 0 fully saturated rings. The number of aryl methyl sites for hydroxylation is 2. The molecule has 0 spiro atoms. The fourth-order valence-corrected chi connectivity index (χ4v) is 1.50. The van der Waals surface area contributed by atoms with Crippen molar-refractivity contribution in [2.45, 2.75) is 12.3 Å². The monoisotopic (exact) mass is 199 g/mol. The predicted molar refractivity (Wildman–Crippen MR) is 48.7 cm³/mol. The fourth-order valence-electron chi connectivity index (χ4n) is 1.25. The minimum atomic E-state index is -0.705. The van der Waals surface area contributed by atoms with Crippen molar-refractivity contribution in [2.75, 3.05) is 7.11 Å². The van der Waals surface area contributed by atoms with Crippen molar-refractivity contribution in [3.05, 3.63) is 11.3 Å². The molecule has 1 aromatic rings. The van der Waals surface area contributed by atoms with Gasteiger partial charge < -0.3 is 4.74 Å². The van der Waals surface area contributed by atoms with Gasteiger partial charge in [0.05, 0.1) is 24.4 Å². The Morgan fingerprint density at radius 2 is 2.31 bits per heavy atom. The summed E-state index contributed by atoms with van der Waals surface area (Å²) in [5, 5.41) is 12.1. The molecule has 0 aliphatic carbocycles. The highest BCUT2D eigenvalue weighted by atomic mass is 35.5. The van der Waals surface area contributed by atoms with E-state index in [0.717, 1.165) is 5.69 Å². The van der Waals surface area contributed by atoms with Crippen molar-refractivity contribution in [1.29, 1.82) is 5.26 Å². The molecule has 1 unspecified atom stereocenters. The van der Waals surface area contributed by atoms with Gasteiger partial charge in [0.2, 0.25) is 5.88 Å². The van der Waals surface area contributed by atoms with Crippen molar-refractivity contribution < 1.29 is 4.74 Å². The molecule has 1 heterocycles.